The second-order valence-electron chi connectivity index (χ2n) is 4.37. The zero-order chi connectivity index (χ0) is 13.9. The SMILES string of the molecule is CCCCCCCCC(=O)ONc1cc[nH]c(=O)n1. The Bertz CT molecular complexity index is 431. The first-order chi connectivity index (χ1) is 9.22. The second kappa shape index (κ2) is 9.13. The van der Waals surface area contributed by atoms with E-state index in [4.69, 9.17) is 4.84 Å². The molecule has 1 aromatic heterocycles. The van der Waals surface area contributed by atoms with Gasteiger partial charge in [0.1, 0.15) is 0 Å². The molecule has 0 unspecified atom stereocenters. The summed E-state index contributed by atoms with van der Waals surface area (Å²) < 4.78 is 0. The number of hydrogen-bond acceptors (Lipinski definition) is 5. The summed E-state index contributed by atoms with van der Waals surface area (Å²) in [4.78, 5) is 33.0. The van der Waals surface area contributed by atoms with Crippen molar-refractivity contribution < 1.29 is 9.63 Å². The van der Waals surface area contributed by atoms with Crippen LogP contribution < -0.4 is 11.2 Å². The lowest BCUT2D eigenvalue weighted by molar-refractivity contribution is -0.140. The van der Waals surface area contributed by atoms with Crippen molar-refractivity contribution in [2.75, 3.05) is 5.48 Å². The first-order valence-electron chi connectivity index (χ1n) is 6.74. The highest BCUT2D eigenvalue weighted by atomic mass is 16.7. The predicted molar refractivity (Wildman–Crippen MR) is 72.6 cm³/mol. The molecule has 1 heterocycles. The average molecular weight is 267 g/mol. The number of carbonyl (C=O) groups is 1. The average Bonchev–Trinajstić information content (AvgIpc) is 2.40. The largest absolute Gasteiger partial charge is 0.346 e. The molecule has 6 heteroatoms. The van der Waals surface area contributed by atoms with Crippen LogP contribution in [0.5, 0.6) is 0 Å². The standard InChI is InChI=1S/C13H21N3O3/c1-2-3-4-5-6-7-8-12(17)19-16-11-9-10-14-13(18)15-11/h9-10H,2-8H2,1H3,(H2,14,15,16,18). The summed E-state index contributed by atoms with van der Waals surface area (Å²) in [6.07, 6.45) is 8.52. The molecular formula is C13H21N3O3. The van der Waals surface area contributed by atoms with E-state index in [9.17, 15) is 9.59 Å². The Labute approximate surface area is 112 Å². The van der Waals surface area contributed by atoms with E-state index in [1.165, 1.54) is 31.5 Å². The van der Waals surface area contributed by atoms with Gasteiger partial charge in [0.2, 0.25) is 0 Å². The summed E-state index contributed by atoms with van der Waals surface area (Å²) in [5.74, 6) is -0.113. The van der Waals surface area contributed by atoms with E-state index in [0.29, 0.717) is 6.42 Å². The molecule has 0 saturated carbocycles. The van der Waals surface area contributed by atoms with E-state index in [1.807, 2.05) is 0 Å². The molecule has 1 rings (SSSR count). The number of nitrogens with one attached hydrogen (secondary N) is 2. The second-order valence-corrected chi connectivity index (χ2v) is 4.37. The minimum absolute atomic E-state index is 0.222. The van der Waals surface area contributed by atoms with Crippen molar-refractivity contribution >= 4 is 11.8 Å². The third-order valence-electron chi connectivity index (χ3n) is 2.67. The van der Waals surface area contributed by atoms with Crippen LogP contribution in [0.15, 0.2) is 17.1 Å². The van der Waals surface area contributed by atoms with Gasteiger partial charge >= 0.3 is 11.7 Å². The highest BCUT2D eigenvalue weighted by Crippen LogP contribution is 2.07. The Morgan fingerprint density at radius 1 is 1.32 bits per heavy atom. The Morgan fingerprint density at radius 2 is 2.05 bits per heavy atom. The van der Waals surface area contributed by atoms with Crippen molar-refractivity contribution in [3.63, 3.8) is 0 Å². The number of anilines is 1. The summed E-state index contributed by atoms with van der Waals surface area (Å²) in [6, 6.07) is 1.51. The van der Waals surface area contributed by atoms with Gasteiger partial charge in [0, 0.05) is 12.6 Å². The van der Waals surface area contributed by atoms with E-state index < -0.39 is 5.69 Å². The molecule has 0 aromatic carbocycles. The molecule has 0 bridgehead atoms. The number of H-pyrrole nitrogens is 1. The van der Waals surface area contributed by atoms with Gasteiger partial charge in [-0.3, -0.25) is 0 Å². The highest BCUT2D eigenvalue weighted by molar-refractivity contribution is 5.70. The van der Waals surface area contributed by atoms with Gasteiger partial charge in [-0.2, -0.15) is 4.98 Å². The van der Waals surface area contributed by atoms with E-state index >= 15 is 0 Å². The van der Waals surface area contributed by atoms with Gasteiger partial charge in [0.25, 0.3) is 0 Å². The summed E-state index contributed by atoms with van der Waals surface area (Å²) >= 11 is 0. The maximum Gasteiger partial charge on any atom is 0.346 e. The summed E-state index contributed by atoms with van der Waals surface area (Å²) in [5.41, 5.74) is 1.88. The molecule has 0 amide bonds. The van der Waals surface area contributed by atoms with Crippen molar-refractivity contribution in [3.05, 3.63) is 22.7 Å². The first-order valence-corrected chi connectivity index (χ1v) is 6.74. The van der Waals surface area contributed by atoms with E-state index in [-0.39, 0.29) is 11.8 Å². The van der Waals surface area contributed by atoms with Crippen LogP contribution in [0.1, 0.15) is 51.9 Å². The Balaban J connectivity index is 2.09. The molecule has 0 radical (unpaired) electrons. The number of unbranched alkanes of at least 4 members (excludes halogenated alkanes) is 5. The Morgan fingerprint density at radius 3 is 2.79 bits per heavy atom. The molecule has 19 heavy (non-hydrogen) atoms. The lowest BCUT2D eigenvalue weighted by Gasteiger charge is -2.05. The fourth-order valence-corrected chi connectivity index (χ4v) is 1.64. The van der Waals surface area contributed by atoms with Crippen LogP contribution in [-0.2, 0) is 9.63 Å². The molecule has 1 aromatic rings. The van der Waals surface area contributed by atoms with Gasteiger partial charge < -0.3 is 9.82 Å². The lowest BCUT2D eigenvalue weighted by Crippen LogP contribution is -2.15. The van der Waals surface area contributed by atoms with Crippen LogP contribution in [0.2, 0.25) is 0 Å². The van der Waals surface area contributed by atoms with Crippen molar-refractivity contribution in [3.8, 4) is 0 Å². The maximum absolute atomic E-state index is 11.4. The van der Waals surface area contributed by atoms with Gasteiger partial charge in [-0.15, -0.1) is 0 Å². The van der Waals surface area contributed by atoms with E-state index in [2.05, 4.69) is 22.4 Å². The van der Waals surface area contributed by atoms with Gasteiger partial charge in [-0.05, 0) is 12.5 Å². The Kier molecular flexibility index (Phi) is 7.31. The van der Waals surface area contributed by atoms with Crippen LogP contribution in [0, 0.1) is 0 Å². The zero-order valence-corrected chi connectivity index (χ0v) is 11.3. The van der Waals surface area contributed by atoms with Crippen molar-refractivity contribution in [1.82, 2.24) is 9.97 Å². The molecule has 0 spiro atoms. The molecule has 0 fully saturated rings. The number of rotatable bonds is 9. The molecule has 0 aliphatic carbocycles. The molecule has 0 atom stereocenters. The third kappa shape index (κ3) is 7.23. The topological polar surface area (TPSA) is 84.1 Å². The van der Waals surface area contributed by atoms with E-state index in [0.717, 1.165) is 19.3 Å². The molecule has 106 valence electrons. The molecule has 6 nitrogen and oxygen atoms in total. The normalized spacial score (nSPS) is 10.2. The molecule has 2 N–H and O–H groups in total. The zero-order valence-electron chi connectivity index (χ0n) is 11.3. The highest BCUT2D eigenvalue weighted by Gasteiger charge is 2.03. The fraction of sp³-hybridized carbons (Fsp3) is 0.615. The van der Waals surface area contributed by atoms with Crippen LogP contribution in [0.4, 0.5) is 5.82 Å². The monoisotopic (exact) mass is 267 g/mol. The van der Waals surface area contributed by atoms with Crippen molar-refractivity contribution in [1.29, 1.82) is 0 Å². The fourth-order valence-electron chi connectivity index (χ4n) is 1.64. The molecule has 0 aliphatic heterocycles. The minimum atomic E-state index is -0.489. The van der Waals surface area contributed by atoms with Crippen LogP contribution in [0.3, 0.4) is 0 Å². The smallest absolute Gasteiger partial charge is 0.342 e. The quantitative estimate of drug-likeness (QED) is 0.530. The van der Waals surface area contributed by atoms with Gasteiger partial charge in [-0.25, -0.2) is 15.1 Å². The number of nitrogens with zero attached hydrogens (tertiary/aromatic N) is 1. The number of carbonyl (C=O) groups excluding carboxylic acids is 1. The lowest BCUT2D eigenvalue weighted by atomic mass is 10.1. The van der Waals surface area contributed by atoms with Crippen LogP contribution >= 0.6 is 0 Å². The summed E-state index contributed by atoms with van der Waals surface area (Å²) in [6.45, 7) is 2.17. The van der Waals surface area contributed by atoms with Gasteiger partial charge in [-0.1, -0.05) is 39.0 Å². The van der Waals surface area contributed by atoms with Crippen molar-refractivity contribution in [2.45, 2.75) is 51.9 Å². The number of hydrogen-bond donors (Lipinski definition) is 2. The van der Waals surface area contributed by atoms with Crippen molar-refractivity contribution in [2.24, 2.45) is 0 Å². The van der Waals surface area contributed by atoms with Gasteiger partial charge in [0.15, 0.2) is 5.82 Å². The summed E-state index contributed by atoms with van der Waals surface area (Å²) in [7, 11) is 0. The predicted octanol–water partition coefficient (Wildman–Crippen LogP) is 2.39. The van der Waals surface area contributed by atoms with Gasteiger partial charge in [0.05, 0.1) is 0 Å². The third-order valence-corrected chi connectivity index (χ3v) is 2.67. The van der Waals surface area contributed by atoms with Crippen LogP contribution in [-0.4, -0.2) is 15.9 Å². The molecule has 0 aliphatic rings. The molecular weight excluding hydrogens is 246 g/mol. The minimum Gasteiger partial charge on any atom is -0.342 e. The van der Waals surface area contributed by atoms with E-state index in [1.54, 1.807) is 0 Å². The maximum atomic E-state index is 11.4. The number of aromatic amines is 1. The molecule has 0 saturated heterocycles. The Hall–Kier alpha value is -1.85. The first kappa shape index (κ1) is 15.2. The van der Waals surface area contributed by atoms with Crippen LogP contribution in [0.25, 0.3) is 0 Å². The number of aromatic nitrogens is 2. The summed E-state index contributed by atoms with van der Waals surface area (Å²) in [5, 5.41) is 0.